The Morgan fingerprint density at radius 1 is 0.926 bits per heavy atom. The van der Waals surface area contributed by atoms with Gasteiger partial charge in [-0.1, -0.05) is 89.4 Å². The third-order valence-electron chi connectivity index (χ3n) is 4.21. The Bertz CT molecular complexity index is 950. The number of benzene rings is 3. The van der Waals surface area contributed by atoms with Crippen molar-refractivity contribution in [2.45, 2.75) is 13.0 Å². The maximum absolute atomic E-state index is 12.6. The first-order valence-corrected chi connectivity index (χ1v) is 9.33. The van der Waals surface area contributed by atoms with Crippen LogP contribution in [-0.4, -0.2) is 5.91 Å². The van der Waals surface area contributed by atoms with Crippen molar-refractivity contribution in [1.82, 2.24) is 5.32 Å². The van der Waals surface area contributed by atoms with E-state index < -0.39 is 0 Å². The van der Waals surface area contributed by atoms with Crippen LogP contribution in [-0.2, 0) is 4.79 Å². The number of hydrogen-bond acceptors (Lipinski definition) is 1. The van der Waals surface area contributed by atoms with Crippen molar-refractivity contribution in [2.75, 3.05) is 0 Å². The Morgan fingerprint density at radius 3 is 2.26 bits per heavy atom. The fourth-order valence-electron chi connectivity index (χ4n) is 2.76. The van der Waals surface area contributed by atoms with E-state index >= 15 is 0 Å². The van der Waals surface area contributed by atoms with Crippen LogP contribution in [0.1, 0.15) is 28.3 Å². The lowest BCUT2D eigenvalue weighted by molar-refractivity contribution is -0.116. The van der Waals surface area contributed by atoms with Crippen molar-refractivity contribution >= 4 is 35.2 Å². The van der Waals surface area contributed by atoms with Crippen molar-refractivity contribution in [3.63, 3.8) is 0 Å². The van der Waals surface area contributed by atoms with Gasteiger partial charge in [0.1, 0.15) is 0 Å². The number of amides is 1. The minimum absolute atomic E-state index is 0.199. The average Bonchev–Trinajstić information content (AvgIpc) is 2.67. The van der Waals surface area contributed by atoms with Crippen LogP contribution >= 0.6 is 23.2 Å². The van der Waals surface area contributed by atoms with Gasteiger partial charge in [0, 0.05) is 16.1 Å². The first kappa shape index (κ1) is 19.2. The summed E-state index contributed by atoms with van der Waals surface area (Å²) in [5.41, 5.74) is 3.96. The number of carbonyl (C=O) groups is 1. The van der Waals surface area contributed by atoms with Crippen LogP contribution in [0, 0.1) is 6.92 Å². The zero-order chi connectivity index (χ0) is 19.2. The quantitative estimate of drug-likeness (QED) is 0.510. The van der Waals surface area contributed by atoms with Gasteiger partial charge in [-0.25, -0.2) is 0 Å². The summed E-state index contributed by atoms with van der Waals surface area (Å²) in [6.07, 6.45) is 3.17. The molecule has 0 aliphatic heterocycles. The minimum Gasteiger partial charge on any atom is -0.342 e. The topological polar surface area (TPSA) is 29.1 Å². The number of aryl methyl sites for hydroxylation is 1. The number of rotatable bonds is 5. The van der Waals surface area contributed by atoms with Crippen LogP contribution in [0.25, 0.3) is 6.08 Å². The van der Waals surface area contributed by atoms with Crippen molar-refractivity contribution in [3.05, 3.63) is 111 Å². The molecule has 136 valence electrons. The van der Waals surface area contributed by atoms with Gasteiger partial charge in [0.05, 0.1) is 6.04 Å². The molecular weight excluding hydrogens is 377 g/mol. The van der Waals surface area contributed by atoms with E-state index in [4.69, 9.17) is 23.2 Å². The molecular formula is C23H19Cl2NO. The van der Waals surface area contributed by atoms with Gasteiger partial charge in [-0.3, -0.25) is 4.79 Å². The molecule has 0 aromatic heterocycles. The van der Waals surface area contributed by atoms with Gasteiger partial charge in [0.15, 0.2) is 0 Å². The normalized spacial score (nSPS) is 12.1. The molecule has 3 aromatic rings. The Kier molecular flexibility index (Phi) is 6.33. The summed E-state index contributed by atoms with van der Waals surface area (Å²) in [4.78, 5) is 12.6. The third kappa shape index (κ3) is 5.22. The van der Waals surface area contributed by atoms with Gasteiger partial charge in [0.2, 0.25) is 5.91 Å². The first-order valence-electron chi connectivity index (χ1n) is 8.58. The molecule has 0 saturated heterocycles. The van der Waals surface area contributed by atoms with E-state index in [9.17, 15) is 4.79 Å². The summed E-state index contributed by atoms with van der Waals surface area (Å²) in [7, 11) is 0. The molecule has 1 N–H and O–H groups in total. The summed E-state index contributed by atoms with van der Waals surface area (Å²) >= 11 is 12.1. The molecule has 4 heteroatoms. The van der Waals surface area contributed by atoms with Gasteiger partial charge in [-0.15, -0.1) is 0 Å². The van der Waals surface area contributed by atoms with E-state index in [1.54, 1.807) is 24.3 Å². The summed E-state index contributed by atoms with van der Waals surface area (Å²) < 4.78 is 0. The molecule has 0 unspecified atom stereocenters. The van der Waals surface area contributed by atoms with E-state index in [1.165, 1.54) is 11.6 Å². The average molecular weight is 396 g/mol. The maximum Gasteiger partial charge on any atom is 0.244 e. The van der Waals surface area contributed by atoms with Crippen molar-refractivity contribution in [3.8, 4) is 0 Å². The highest BCUT2D eigenvalue weighted by molar-refractivity contribution is 6.35. The second-order valence-corrected chi connectivity index (χ2v) is 7.11. The smallest absolute Gasteiger partial charge is 0.244 e. The molecule has 0 heterocycles. The molecule has 27 heavy (non-hydrogen) atoms. The first-order chi connectivity index (χ1) is 13.0. The predicted octanol–water partition coefficient (Wildman–Crippen LogP) is 6.22. The predicted molar refractivity (Wildman–Crippen MR) is 113 cm³/mol. The summed E-state index contributed by atoms with van der Waals surface area (Å²) in [6.45, 7) is 2.04. The van der Waals surface area contributed by atoms with Crippen LogP contribution in [0.15, 0.2) is 78.9 Å². The van der Waals surface area contributed by atoms with Crippen LogP contribution in [0.5, 0.6) is 0 Å². The Morgan fingerprint density at radius 2 is 1.59 bits per heavy atom. The highest BCUT2D eigenvalue weighted by Gasteiger charge is 2.15. The number of hydrogen-bond donors (Lipinski definition) is 1. The maximum atomic E-state index is 12.6. The minimum atomic E-state index is -0.232. The van der Waals surface area contributed by atoms with Crippen LogP contribution in [0.3, 0.4) is 0 Å². The zero-order valence-corrected chi connectivity index (χ0v) is 16.3. The fourth-order valence-corrected chi connectivity index (χ4v) is 3.23. The van der Waals surface area contributed by atoms with Gasteiger partial charge in [-0.05, 0) is 41.8 Å². The monoisotopic (exact) mass is 395 g/mol. The Hall–Kier alpha value is -2.55. The van der Waals surface area contributed by atoms with Crippen LogP contribution in [0.4, 0.5) is 0 Å². The van der Waals surface area contributed by atoms with E-state index in [-0.39, 0.29) is 11.9 Å². The number of nitrogens with one attached hydrogen (secondary N) is 1. The number of halogens is 2. The molecule has 0 bridgehead atoms. The molecule has 2 nitrogen and oxygen atoms in total. The van der Waals surface area contributed by atoms with Gasteiger partial charge >= 0.3 is 0 Å². The van der Waals surface area contributed by atoms with Crippen molar-refractivity contribution < 1.29 is 4.79 Å². The summed E-state index contributed by atoms with van der Waals surface area (Å²) in [6, 6.07) is 23.0. The van der Waals surface area contributed by atoms with Gasteiger partial charge in [0.25, 0.3) is 0 Å². The molecule has 3 rings (SSSR count). The molecule has 1 atom stereocenters. The zero-order valence-electron chi connectivity index (χ0n) is 14.8. The van der Waals surface area contributed by atoms with E-state index in [0.717, 1.165) is 16.7 Å². The van der Waals surface area contributed by atoms with Crippen molar-refractivity contribution in [2.24, 2.45) is 0 Å². The fraction of sp³-hybridized carbons (Fsp3) is 0.0870. The second kappa shape index (κ2) is 8.90. The lowest BCUT2D eigenvalue weighted by Gasteiger charge is -2.19. The summed E-state index contributed by atoms with van der Waals surface area (Å²) in [5, 5.41) is 4.14. The molecule has 3 aromatic carbocycles. The number of carbonyl (C=O) groups excluding carboxylic acids is 1. The van der Waals surface area contributed by atoms with E-state index in [0.29, 0.717) is 10.0 Å². The van der Waals surface area contributed by atoms with Gasteiger partial charge < -0.3 is 5.32 Å². The van der Waals surface area contributed by atoms with Crippen LogP contribution < -0.4 is 5.32 Å². The molecule has 0 aliphatic carbocycles. The Labute approximate surface area is 169 Å². The lowest BCUT2D eigenvalue weighted by atomic mass is 9.98. The molecule has 0 spiro atoms. The van der Waals surface area contributed by atoms with E-state index in [1.807, 2.05) is 61.5 Å². The second-order valence-electron chi connectivity index (χ2n) is 6.26. The molecule has 0 aliphatic rings. The summed E-state index contributed by atoms with van der Waals surface area (Å²) in [5.74, 6) is -0.199. The standard InChI is InChI=1S/C23H19Cl2NO/c1-16-7-9-19(10-8-16)23(18-5-3-2-4-6-18)26-22(27)14-12-17-11-13-20(24)15-21(17)25/h2-15,23H,1H3,(H,26,27)/b14-12+/t23-/m1/s1. The molecule has 0 fully saturated rings. The molecule has 0 radical (unpaired) electrons. The van der Waals surface area contributed by atoms with E-state index in [2.05, 4.69) is 5.32 Å². The SMILES string of the molecule is Cc1ccc([C@H](NC(=O)/C=C/c2ccc(Cl)cc2Cl)c2ccccc2)cc1. The Balaban J connectivity index is 1.82. The van der Waals surface area contributed by atoms with Gasteiger partial charge in [-0.2, -0.15) is 0 Å². The highest BCUT2D eigenvalue weighted by Crippen LogP contribution is 2.24. The third-order valence-corrected chi connectivity index (χ3v) is 4.77. The highest BCUT2D eigenvalue weighted by atomic mass is 35.5. The van der Waals surface area contributed by atoms with Crippen molar-refractivity contribution in [1.29, 1.82) is 0 Å². The largest absolute Gasteiger partial charge is 0.342 e. The van der Waals surface area contributed by atoms with Crippen LogP contribution in [0.2, 0.25) is 10.0 Å². The lowest BCUT2D eigenvalue weighted by Crippen LogP contribution is -2.27. The molecule has 1 amide bonds. The molecule has 0 saturated carbocycles.